The zero-order valence-corrected chi connectivity index (χ0v) is 21.4. The minimum atomic E-state index is 1.09. The predicted octanol–water partition coefficient (Wildman–Crippen LogP) is 10.9. The molecule has 0 fully saturated rings. The van der Waals surface area contributed by atoms with Crippen LogP contribution in [0.3, 0.4) is 0 Å². The fraction of sp³-hybridized carbons (Fsp3) is 0. The second-order valence-corrected chi connectivity index (χ2v) is 11.0. The summed E-state index contributed by atoms with van der Waals surface area (Å²) in [5.41, 5.74) is 4.76. The molecule has 8 aromatic rings. The van der Waals surface area contributed by atoms with Crippen LogP contribution < -0.4 is 5.32 Å². The smallest absolute Gasteiger partial charge is 0.0433 e. The van der Waals surface area contributed by atoms with Gasteiger partial charge in [-0.2, -0.15) is 0 Å². The average Bonchev–Trinajstić information content (AvgIpc) is 3.36. The first-order valence-corrected chi connectivity index (χ1v) is 13.7. The molecular weight excluding hydrogens is 478 g/mol. The minimum absolute atomic E-state index is 1.09. The van der Waals surface area contributed by atoms with Crippen molar-refractivity contribution in [1.29, 1.82) is 0 Å². The van der Waals surface area contributed by atoms with Gasteiger partial charge in [-0.1, -0.05) is 97.1 Å². The summed E-state index contributed by atoms with van der Waals surface area (Å²) >= 11 is 1.88. The molecule has 0 aliphatic rings. The SMILES string of the molecule is c1ccc2c(c1)ccc1cc(Nc3ccc4cc(-c5cccc6c5sc5ccccc56)ccc4c3)ccc12. The van der Waals surface area contributed by atoms with Gasteiger partial charge in [0.15, 0.2) is 0 Å². The molecule has 0 saturated carbocycles. The van der Waals surface area contributed by atoms with Crippen LogP contribution in [0, 0.1) is 0 Å². The quantitative estimate of drug-likeness (QED) is 0.237. The molecule has 0 saturated heterocycles. The van der Waals surface area contributed by atoms with Crippen molar-refractivity contribution in [1.82, 2.24) is 0 Å². The number of benzene rings is 7. The Balaban J connectivity index is 1.15. The molecule has 0 spiro atoms. The van der Waals surface area contributed by atoms with E-state index in [1.807, 2.05) is 11.3 Å². The second-order valence-electron chi connectivity index (χ2n) is 9.90. The summed E-state index contributed by atoms with van der Waals surface area (Å²) in [7, 11) is 0. The van der Waals surface area contributed by atoms with Gasteiger partial charge in [0.25, 0.3) is 0 Å². The Bertz CT molecular complexity index is 2170. The van der Waals surface area contributed by atoms with Crippen molar-refractivity contribution in [3.05, 3.63) is 133 Å². The molecule has 178 valence electrons. The van der Waals surface area contributed by atoms with E-state index in [2.05, 4.69) is 139 Å². The first kappa shape index (κ1) is 21.4. The highest BCUT2D eigenvalue weighted by molar-refractivity contribution is 7.26. The molecule has 0 unspecified atom stereocenters. The summed E-state index contributed by atoms with van der Waals surface area (Å²) in [4.78, 5) is 0. The van der Waals surface area contributed by atoms with E-state index in [0.717, 1.165) is 11.4 Å². The molecule has 0 aliphatic carbocycles. The van der Waals surface area contributed by atoms with Crippen LogP contribution in [0.1, 0.15) is 0 Å². The van der Waals surface area contributed by atoms with Gasteiger partial charge in [-0.3, -0.25) is 0 Å². The number of hydrogen-bond donors (Lipinski definition) is 1. The molecule has 0 amide bonds. The van der Waals surface area contributed by atoms with E-state index in [9.17, 15) is 0 Å². The number of rotatable bonds is 3. The largest absolute Gasteiger partial charge is 0.355 e. The maximum absolute atomic E-state index is 3.62. The van der Waals surface area contributed by atoms with Crippen LogP contribution in [0.5, 0.6) is 0 Å². The minimum Gasteiger partial charge on any atom is -0.355 e. The monoisotopic (exact) mass is 501 g/mol. The maximum atomic E-state index is 3.62. The highest BCUT2D eigenvalue weighted by atomic mass is 32.1. The van der Waals surface area contributed by atoms with Crippen molar-refractivity contribution in [2.45, 2.75) is 0 Å². The van der Waals surface area contributed by atoms with Gasteiger partial charge >= 0.3 is 0 Å². The van der Waals surface area contributed by atoms with Crippen molar-refractivity contribution in [2.75, 3.05) is 5.32 Å². The van der Waals surface area contributed by atoms with E-state index >= 15 is 0 Å². The van der Waals surface area contributed by atoms with Gasteiger partial charge in [0, 0.05) is 31.5 Å². The van der Waals surface area contributed by atoms with Crippen molar-refractivity contribution in [3.8, 4) is 11.1 Å². The first-order chi connectivity index (χ1) is 18.8. The number of anilines is 2. The van der Waals surface area contributed by atoms with Gasteiger partial charge in [0.05, 0.1) is 0 Å². The van der Waals surface area contributed by atoms with Crippen LogP contribution in [0.4, 0.5) is 11.4 Å². The molecule has 0 aliphatic heterocycles. The predicted molar refractivity (Wildman–Crippen MR) is 167 cm³/mol. The molecule has 2 heteroatoms. The molecule has 1 heterocycles. The van der Waals surface area contributed by atoms with Crippen LogP contribution in [-0.2, 0) is 0 Å². The number of hydrogen-bond acceptors (Lipinski definition) is 2. The number of fused-ring (bicyclic) bond motifs is 7. The Morgan fingerprint density at radius 3 is 2.03 bits per heavy atom. The zero-order valence-electron chi connectivity index (χ0n) is 20.6. The van der Waals surface area contributed by atoms with Crippen LogP contribution in [0.25, 0.3) is 63.6 Å². The summed E-state index contributed by atoms with van der Waals surface area (Å²) in [6.45, 7) is 0. The van der Waals surface area contributed by atoms with E-state index in [4.69, 9.17) is 0 Å². The van der Waals surface area contributed by atoms with Crippen molar-refractivity contribution < 1.29 is 0 Å². The summed E-state index contributed by atoms with van der Waals surface area (Å²) < 4.78 is 2.70. The van der Waals surface area contributed by atoms with Crippen molar-refractivity contribution >= 4 is 75.2 Å². The Labute approximate surface area is 224 Å². The van der Waals surface area contributed by atoms with Crippen LogP contribution in [0.2, 0.25) is 0 Å². The summed E-state index contributed by atoms with van der Waals surface area (Å²) in [6, 6.07) is 48.4. The lowest BCUT2D eigenvalue weighted by Gasteiger charge is -2.11. The van der Waals surface area contributed by atoms with Crippen LogP contribution in [0.15, 0.2) is 133 Å². The van der Waals surface area contributed by atoms with Gasteiger partial charge < -0.3 is 5.32 Å². The normalized spacial score (nSPS) is 11.7. The maximum Gasteiger partial charge on any atom is 0.0433 e. The Morgan fingerprint density at radius 2 is 1.08 bits per heavy atom. The molecule has 0 bridgehead atoms. The standard InChI is InChI=1S/C36H23NS/c1-2-7-30-23(6-1)12-14-27-22-29(18-19-31(27)30)37-28-17-16-24-20-26(15-13-25(24)21-28)32-9-5-10-34-33-8-3-4-11-35(33)38-36(32)34/h1-22,37H. The molecule has 0 atom stereocenters. The van der Waals surface area contributed by atoms with Gasteiger partial charge in [0.1, 0.15) is 0 Å². The molecule has 0 radical (unpaired) electrons. The topological polar surface area (TPSA) is 12.0 Å². The molecule has 1 N–H and O–H groups in total. The van der Waals surface area contributed by atoms with Crippen molar-refractivity contribution in [3.63, 3.8) is 0 Å². The zero-order chi connectivity index (χ0) is 25.1. The molecule has 1 aromatic heterocycles. The van der Waals surface area contributed by atoms with Gasteiger partial charge in [-0.05, 0) is 79.8 Å². The van der Waals surface area contributed by atoms with E-state index in [1.165, 1.54) is 63.6 Å². The fourth-order valence-corrected chi connectivity index (χ4v) is 6.96. The molecule has 8 rings (SSSR count). The van der Waals surface area contributed by atoms with E-state index in [-0.39, 0.29) is 0 Å². The summed E-state index contributed by atoms with van der Waals surface area (Å²) in [5.74, 6) is 0. The first-order valence-electron chi connectivity index (χ1n) is 12.9. The highest BCUT2D eigenvalue weighted by Crippen LogP contribution is 2.40. The third-order valence-electron chi connectivity index (χ3n) is 7.59. The van der Waals surface area contributed by atoms with Crippen molar-refractivity contribution in [2.24, 2.45) is 0 Å². The third-order valence-corrected chi connectivity index (χ3v) is 8.81. The van der Waals surface area contributed by atoms with E-state index in [0.29, 0.717) is 0 Å². The highest BCUT2D eigenvalue weighted by Gasteiger charge is 2.11. The third kappa shape index (κ3) is 3.46. The van der Waals surface area contributed by atoms with Crippen LogP contribution >= 0.6 is 11.3 Å². The summed E-state index contributed by atoms with van der Waals surface area (Å²) in [6.07, 6.45) is 0. The van der Waals surface area contributed by atoms with E-state index < -0.39 is 0 Å². The molecular formula is C36H23NS. The lowest BCUT2D eigenvalue weighted by Crippen LogP contribution is -1.90. The molecule has 7 aromatic carbocycles. The average molecular weight is 502 g/mol. The number of nitrogens with one attached hydrogen (secondary N) is 1. The number of thiophene rings is 1. The van der Waals surface area contributed by atoms with Crippen LogP contribution in [-0.4, -0.2) is 0 Å². The van der Waals surface area contributed by atoms with Gasteiger partial charge in [-0.25, -0.2) is 0 Å². The Kier molecular flexibility index (Phi) is 4.76. The van der Waals surface area contributed by atoms with Gasteiger partial charge in [-0.15, -0.1) is 11.3 Å². The van der Waals surface area contributed by atoms with Gasteiger partial charge in [0.2, 0.25) is 0 Å². The Hall–Kier alpha value is -4.66. The summed E-state index contributed by atoms with van der Waals surface area (Å²) in [5, 5.41) is 13.9. The Morgan fingerprint density at radius 1 is 0.421 bits per heavy atom. The van der Waals surface area contributed by atoms with E-state index in [1.54, 1.807) is 0 Å². The molecule has 1 nitrogen and oxygen atoms in total. The lowest BCUT2D eigenvalue weighted by atomic mass is 9.99. The fourth-order valence-electron chi connectivity index (χ4n) is 5.72. The second kappa shape index (κ2) is 8.44. The lowest BCUT2D eigenvalue weighted by molar-refractivity contribution is 1.59. The molecule has 38 heavy (non-hydrogen) atoms.